The summed E-state index contributed by atoms with van der Waals surface area (Å²) in [5.74, 6) is 0.0445. The maximum absolute atomic E-state index is 12.1. The molecule has 0 fully saturated rings. The van der Waals surface area contributed by atoms with Crippen LogP contribution in [0, 0.1) is 11.3 Å². The monoisotopic (exact) mass is 265 g/mol. The van der Waals surface area contributed by atoms with Crippen molar-refractivity contribution in [1.29, 1.82) is 5.26 Å². The highest BCUT2D eigenvalue weighted by molar-refractivity contribution is 6.03. The van der Waals surface area contributed by atoms with E-state index in [1.807, 2.05) is 30.3 Å². The van der Waals surface area contributed by atoms with Gasteiger partial charge in [-0.05, 0) is 29.7 Å². The van der Waals surface area contributed by atoms with E-state index in [0.717, 1.165) is 11.3 Å². The first-order valence-electron chi connectivity index (χ1n) is 6.38. The average molecular weight is 265 g/mol. The molecule has 0 saturated carbocycles. The zero-order valence-corrected chi connectivity index (χ0v) is 11.4. The maximum Gasteiger partial charge on any atom is 0.274 e. The summed E-state index contributed by atoms with van der Waals surface area (Å²) in [5, 5.41) is 11.6. The molecule has 0 unspecified atom stereocenters. The van der Waals surface area contributed by atoms with Crippen LogP contribution in [0.2, 0.25) is 0 Å². The van der Waals surface area contributed by atoms with Crippen molar-refractivity contribution in [1.82, 2.24) is 4.98 Å². The van der Waals surface area contributed by atoms with Crippen molar-refractivity contribution in [3.8, 4) is 6.07 Å². The van der Waals surface area contributed by atoms with Gasteiger partial charge in [-0.1, -0.05) is 32.0 Å². The number of anilines is 1. The Bertz CT molecular complexity index is 654. The second kappa shape index (κ2) is 5.98. The minimum absolute atomic E-state index is 0.275. The van der Waals surface area contributed by atoms with Gasteiger partial charge in [0, 0.05) is 11.9 Å². The van der Waals surface area contributed by atoms with Gasteiger partial charge in [0.2, 0.25) is 0 Å². The van der Waals surface area contributed by atoms with E-state index in [-0.39, 0.29) is 5.91 Å². The van der Waals surface area contributed by atoms with E-state index in [0.29, 0.717) is 17.2 Å². The molecule has 1 aromatic carbocycles. The number of hydrogen-bond acceptors (Lipinski definition) is 3. The van der Waals surface area contributed by atoms with Gasteiger partial charge in [0.1, 0.15) is 11.8 Å². The van der Waals surface area contributed by atoms with Crippen molar-refractivity contribution in [2.24, 2.45) is 0 Å². The van der Waals surface area contributed by atoms with E-state index < -0.39 is 0 Å². The van der Waals surface area contributed by atoms with Crippen molar-refractivity contribution in [2.45, 2.75) is 19.8 Å². The molecule has 1 amide bonds. The van der Waals surface area contributed by atoms with Crippen LogP contribution in [-0.2, 0) is 0 Å². The van der Waals surface area contributed by atoms with Crippen LogP contribution in [0.3, 0.4) is 0 Å². The number of hydrogen-bond donors (Lipinski definition) is 1. The molecule has 0 spiro atoms. The molecule has 0 atom stereocenters. The Labute approximate surface area is 118 Å². The normalized spacial score (nSPS) is 10.1. The number of rotatable bonds is 3. The van der Waals surface area contributed by atoms with Crippen LogP contribution >= 0.6 is 0 Å². The maximum atomic E-state index is 12.1. The molecule has 1 N–H and O–H groups in total. The van der Waals surface area contributed by atoms with Gasteiger partial charge in [-0.25, -0.2) is 4.98 Å². The zero-order chi connectivity index (χ0) is 14.5. The van der Waals surface area contributed by atoms with Gasteiger partial charge >= 0.3 is 0 Å². The summed E-state index contributed by atoms with van der Waals surface area (Å²) in [4.78, 5) is 16.1. The van der Waals surface area contributed by atoms with Crippen molar-refractivity contribution in [3.63, 3.8) is 0 Å². The van der Waals surface area contributed by atoms with Gasteiger partial charge in [-0.2, -0.15) is 5.26 Å². The Balaban J connectivity index is 2.21. The second-order valence-electron chi connectivity index (χ2n) is 4.74. The van der Waals surface area contributed by atoms with Gasteiger partial charge in [-0.3, -0.25) is 4.79 Å². The highest BCUT2D eigenvalue weighted by atomic mass is 16.1. The molecule has 1 aromatic heterocycles. The largest absolute Gasteiger partial charge is 0.320 e. The number of aromatic nitrogens is 1. The van der Waals surface area contributed by atoms with Crippen molar-refractivity contribution >= 4 is 11.6 Å². The quantitative estimate of drug-likeness (QED) is 0.925. The van der Waals surface area contributed by atoms with Crippen molar-refractivity contribution < 1.29 is 4.79 Å². The molecule has 2 aromatic rings. The summed E-state index contributed by atoms with van der Waals surface area (Å²) >= 11 is 0. The van der Waals surface area contributed by atoms with Crippen molar-refractivity contribution in [3.05, 3.63) is 59.4 Å². The molecule has 4 heteroatoms. The lowest BCUT2D eigenvalue weighted by atomic mass is 10.0. The number of benzene rings is 1. The third-order valence-electron chi connectivity index (χ3n) is 2.96. The van der Waals surface area contributed by atoms with Crippen LogP contribution in [0.4, 0.5) is 5.69 Å². The van der Waals surface area contributed by atoms with Crippen LogP contribution in [-0.4, -0.2) is 10.9 Å². The van der Waals surface area contributed by atoms with Gasteiger partial charge in [0.25, 0.3) is 5.91 Å². The zero-order valence-electron chi connectivity index (χ0n) is 11.4. The fourth-order valence-electron chi connectivity index (χ4n) is 1.89. The Morgan fingerprint density at radius 1 is 1.25 bits per heavy atom. The van der Waals surface area contributed by atoms with E-state index in [1.165, 1.54) is 6.20 Å². The third kappa shape index (κ3) is 3.01. The molecule has 0 bridgehead atoms. The fourth-order valence-corrected chi connectivity index (χ4v) is 1.89. The Morgan fingerprint density at radius 3 is 2.60 bits per heavy atom. The Kier molecular flexibility index (Phi) is 4.11. The number of pyridine rings is 1. The fraction of sp³-hybridized carbons (Fsp3) is 0.188. The molecule has 0 aliphatic rings. The number of para-hydroxylation sites is 1. The van der Waals surface area contributed by atoms with Crippen LogP contribution in [0.1, 0.15) is 41.4 Å². The van der Waals surface area contributed by atoms with Crippen molar-refractivity contribution in [2.75, 3.05) is 5.32 Å². The van der Waals surface area contributed by atoms with Crippen LogP contribution < -0.4 is 5.32 Å². The second-order valence-corrected chi connectivity index (χ2v) is 4.74. The average Bonchev–Trinajstić information content (AvgIpc) is 2.47. The lowest BCUT2D eigenvalue weighted by Crippen LogP contribution is -2.15. The van der Waals surface area contributed by atoms with E-state index in [9.17, 15) is 4.79 Å². The molecule has 20 heavy (non-hydrogen) atoms. The SMILES string of the molecule is CC(C)c1ccccc1NC(=O)c1ccc(C#N)cn1. The Morgan fingerprint density at radius 2 is 2.00 bits per heavy atom. The van der Waals surface area contributed by atoms with Crippen LogP contribution in [0.5, 0.6) is 0 Å². The number of carbonyl (C=O) groups excluding carboxylic acids is 1. The minimum atomic E-state index is -0.275. The van der Waals surface area contributed by atoms with E-state index >= 15 is 0 Å². The molecule has 0 aliphatic heterocycles. The molecule has 1 heterocycles. The first kappa shape index (κ1) is 13.8. The number of carbonyl (C=O) groups is 1. The Hall–Kier alpha value is -2.67. The van der Waals surface area contributed by atoms with Gasteiger partial charge in [-0.15, -0.1) is 0 Å². The molecular weight excluding hydrogens is 250 g/mol. The molecule has 0 radical (unpaired) electrons. The highest BCUT2D eigenvalue weighted by Gasteiger charge is 2.11. The van der Waals surface area contributed by atoms with Gasteiger partial charge in [0.15, 0.2) is 0 Å². The highest BCUT2D eigenvalue weighted by Crippen LogP contribution is 2.23. The summed E-state index contributed by atoms with van der Waals surface area (Å²) in [6.45, 7) is 4.15. The minimum Gasteiger partial charge on any atom is -0.320 e. The molecule has 2 rings (SSSR count). The number of nitrogens with one attached hydrogen (secondary N) is 1. The molecular formula is C16H15N3O. The first-order valence-corrected chi connectivity index (χ1v) is 6.38. The lowest BCUT2D eigenvalue weighted by Gasteiger charge is -2.13. The predicted molar refractivity (Wildman–Crippen MR) is 77.4 cm³/mol. The van der Waals surface area contributed by atoms with Crippen LogP contribution in [0.25, 0.3) is 0 Å². The number of amides is 1. The van der Waals surface area contributed by atoms with Gasteiger partial charge in [0.05, 0.1) is 5.56 Å². The van der Waals surface area contributed by atoms with E-state index in [2.05, 4.69) is 24.1 Å². The van der Waals surface area contributed by atoms with E-state index in [4.69, 9.17) is 5.26 Å². The topological polar surface area (TPSA) is 65.8 Å². The summed E-state index contributed by atoms with van der Waals surface area (Å²) in [6.07, 6.45) is 1.39. The van der Waals surface area contributed by atoms with Gasteiger partial charge < -0.3 is 5.32 Å². The smallest absolute Gasteiger partial charge is 0.274 e. The molecule has 100 valence electrons. The van der Waals surface area contributed by atoms with Crippen LogP contribution in [0.15, 0.2) is 42.6 Å². The standard InChI is InChI=1S/C16H15N3O/c1-11(2)13-5-3-4-6-14(13)19-16(20)15-8-7-12(9-17)10-18-15/h3-8,10-11H,1-2H3,(H,19,20). The number of nitriles is 1. The third-order valence-corrected chi connectivity index (χ3v) is 2.96. The van der Waals surface area contributed by atoms with E-state index in [1.54, 1.807) is 12.1 Å². The lowest BCUT2D eigenvalue weighted by molar-refractivity contribution is 0.102. The summed E-state index contributed by atoms with van der Waals surface area (Å²) in [6, 6.07) is 12.8. The molecule has 4 nitrogen and oxygen atoms in total. The molecule has 0 saturated heterocycles. The first-order chi connectivity index (χ1) is 9.61. The number of nitrogens with zero attached hydrogens (tertiary/aromatic N) is 2. The summed E-state index contributed by atoms with van der Waals surface area (Å²) in [7, 11) is 0. The summed E-state index contributed by atoms with van der Waals surface area (Å²) in [5.41, 5.74) is 2.60. The molecule has 0 aliphatic carbocycles. The predicted octanol–water partition coefficient (Wildman–Crippen LogP) is 3.33. The summed E-state index contributed by atoms with van der Waals surface area (Å²) < 4.78 is 0.